The Morgan fingerprint density at radius 3 is 3.04 bits per heavy atom. The number of rotatable bonds is 10. The average molecular weight is 356 g/mol. The molecule has 0 saturated heterocycles. The number of nitrogens with one attached hydrogen (secondary N) is 1. The van der Waals surface area contributed by atoms with Crippen LogP contribution in [0.3, 0.4) is 0 Å². The van der Waals surface area contributed by atoms with E-state index in [1.165, 1.54) is 0 Å². The molecule has 0 radical (unpaired) electrons. The molecule has 0 aliphatic heterocycles. The second kappa shape index (κ2) is 8.20. The zero-order chi connectivity index (χ0) is 17.6. The van der Waals surface area contributed by atoms with Gasteiger partial charge in [-0.05, 0) is 6.92 Å². The topological polar surface area (TPSA) is 137 Å². The molecule has 10 nitrogen and oxygen atoms in total. The fourth-order valence-electron chi connectivity index (χ4n) is 2.00. The molecule has 1 unspecified atom stereocenters. The number of imidazole rings is 1. The molecule has 0 amide bonds. The smallest absolute Gasteiger partial charge is 0.353 e. The summed E-state index contributed by atoms with van der Waals surface area (Å²) in [7, 11) is -3.69. The van der Waals surface area contributed by atoms with E-state index in [0.29, 0.717) is 30.1 Å². The summed E-state index contributed by atoms with van der Waals surface area (Å²) in [6.07, 6.45) is 2.92. The van der Waals surface area contributed by atoms with Crippen molar-refractivity contribution in [3.8, 4) is 0 Å². The third-order valence-corrected chi connectivity index (χ3v) is 4.13. The van der Waals surface area contributed by atoms with Gasteiger partial charge in [0.1, 0.15) is 6.35 Å². The Morgan fingerprint density at radius 1 is 1.54 bits per heavy atom. The minimum absolute atomic E-state index is 0.118. The Kier molecular flexibility index (Phi) is 6.27. The first-order valence-corrected chi connectivity index (χ1v) is 9.10. The lowest BCUT2D eigenvalue weighted by Gasteiger charge is -2.11. The molecule has 2 aromatic rings. The minimum Gasteiger partial charge on any atom is -0.368 e. The molecule has 11 heteroatoms. The van der Waals surface area contributed by atoms with Crippen LogP contribution in [-0.4, -0.2) is 50.5 Å². The van der Waals surface area contributed by atoms with Crippen molar-refractivity contribution < 1.29 is 18.7 Å². The van der Waals surface area contributed by atoms with Crippen molar-refractivity contribution in [2.75, 3.05) is 37.2 Å². The van der Waals surface area contributed by atoms with E-state index < -0.39 is 7.60 Å². The van der Waals surface area contributed by atoms with Crippen molar-refractivity contribution in [3.05, 3.63) is 19.0 Å². The van der Waals surface area contributed by atoms with Crippen molar-refractivity contribution in [2.45, 2.75) is 13.5 Å². The number of hydrogen-bond donors (Lipinski definition) is 3. The van der Waals surface area contributed by atoms with Crippen molar-refractivity contribution in [1.29, 1.82) is 0 Å². The van der Waals surface area contributed by atoms with Crippen molar-refractivity contribution in [1.82, 2.24) is 19.5 Å². The summed E-state index contributed by atoms with van der Waals surface area (Å²) in [6, 6.07) is 0. The highest BCUT2D eigenvalue weighted by atomic mass is 31.2. The predicted molar refractivity (Wildman–Crippen MR) is 90.7 cm³/mol. The largest absolute Gasteiger partial charge is 0.368 e. The predicted octanol–water partition coefficient (Wildman–Crippen LogP) is 1.20. The van der Waals surface area contributed by atoms with Gasteiger partial charge in [-0.2, -0.15) is 9.97 Å². The van der Waals surface area contributed by atoms with Crippen LogP contribution < -0.4 is 11.1 Å². The van der Waals surface area contributed by atoms with Crippen LogP contribution in [0.4, 0.5) is 11.8 Å². The standard InChI is InChI=1S/C13H21N6O4P/c1-3-5-15-11-10-12(18-13(14)17-11)19(8-16-10)6-7-22-9-24(20,21)23-4-2/h3,8H,1,4-7,9H2,2H3,(H,20,21)(H3,14,15,17,18). The van der Waals surface area contributed by atoms with E-state index in [2.05, 4.69) is 26.8 Å². The Balaban J connectivity index is 2.04. The van der Waals surface area contributed by atoms with Gasteiger partial charge in [-0.1, -0.05) is 6.08 Å². The van der Waals surface area contributed by atoms with Crippen LogP contribution in [0.15, 0.2) is 19.0 Å². The van der Waals surface area contributed by atoms with E-state index in [1.807, 2.05) is 0 Å². The molecule has 4 N–H and O–H groups in total. The van der Waals surface area contributed by atoms with Crippen LogP contribution in [0.5, 0.6) is 0 Å². The van der Waals surface area contributed by atoms with Gasteiger partial charge in [0, 0.05) is 13.1 Å². The van der Waals surface area contributed by atoms with Gasteiger partial charge in [-0.15, -0.1) is 6.58 Å². The van der Waals surface area contributed by atoms with Gasteiger partial charge in [0.05, 0.1) is 19.5 Å². The summed E-state index contributed by atoms with van der Waals surface area (Å²) < 4.78 is 23.2. The molecule has 0 saturated carbocycles. The zero-order valence-electron chi connectivity index (χ0n) is 13.4. The number of nitrogens with zero attached hydrogens (tertiary/aromatic N) is 4. The first-order valence-electron chi connectivity index (χ1n) is 7.34. The first-order chi connectivity index (χ1) is 11.5. The number of fused-ring (bicyclic) bond motifs is 1. The lowest BCUT2D eigenvalue weighted by Crippen LogP contribution is -2.09. The van der Waals surface area contributed by atoms with E-state index >= 15 is 0 Å². The van der Waals surface area contributed by atoms with Gasteiger partial charge in [0.2, 0.25) is 5.95 Å². The molecular formula is C13H21N6O4P. The summed E-state index contributed by atoms with van der Waals surface area (Å²) in [5.41, 5.74) is 6.85. The third kappa shape index (κ3) is 4.75. The molecule has 0 fully saturated rings. The molecule has 132 valence electrons. The van der Waals surface area contributed by atoms with Crippen molar-refractivity contribution in [3.63, 3.8) is 0 Å². The Labute approximate surface area is 139 Å². The number of ether oxygens (including phenoxy) is 1. The molecular weight excluding hydrogens is 335 g/mol. The fraction of sp³-hybridized carbons (Fsp3) is 0.462. The van der Waals surface area contributed by atoms with Crippen LogP contribution in [0.1, 0.15) is 6.92 Å². The number of aromatic nitrogens is 4. The highest BCUT2D eigenvalue weighted by Gasteiger charge is 2.18. The maximum Gasteiger partial charge on any atom is 0.353 e. The number of nitrogen functional groups attached to an aromatic ring is 1. The second-order valence-electron chi connectivity index (χ2n) is 4.80. The number of hydrogen-bond acceptors (Lipinski definition) is 8. The fourth-order valence-corrected chi connectivity index (χ4v) is 2.84. The van der Waals surface area contributed by atoms with Crippen LogP contribution in [0, 0.1) is 0 Å². The number of nitrogens with two attached hydrogens (primary N) is 1. The quantitative estimate of drug-likeness (QED) is 0.326. The van der Waals surface area contributed by atoms with E-state index in [4.69, 9.17) is 15.0 Å². The van der Waals surface area contributed by atoms with Gasteiger partial charge >= 0.3 is 7.60 Å². The number of anilines is 2. The minimum atomic E-state index is -3.69. The highest BCUT2D eigenvalue weighted by Crippen LogP contribution is 2.41. The SMILES string of the molecule is C=CCNc1nc(N)nc2c1ncn2CCOCP(=O)(O)OCC. The van der Waals surface area contributed by atoms with Crippen molar-refractivity contribution >= 4 is 30.5 Å². The Bertz CT molecular complexity index is 749. The van der Waals surface area contributed by atoms with Gasteiger partial charge in [0.15, 0.2) is 17.0 Å². The lowest BCUT2D eigenvalue weighted by atomic mass is 10.4. The molecule has 2 rings (SSSR count). The lowest BCUT2D eigenvalue weighted by molar-refractivity contribution is 0.139. The second-order valence-corrected chi connectivity index (χ2v) is 6.59. The summed E-state index contributed by atoms with van der Waals surface area (Å²) in [4.78, 5) is 22.0. The van der Waals surface area contributed by atoms with Crippen LogP contribution in [0.25, 0.3) is 11.2 Å². The maximum atomic E-state index is 11.5. The summed E-state index contributed by atoms with van der Waals surface area (Å²) >= 11 is 0. The molecule has 2 heterocycles. The molecule has 0 spiro atoms. The van der Waals surface area contributed by atoms with E-state index in [0.717, 1.165) is 0 Å². The van der Waals surface area contributed by atoms with Gasteiger partial charge in [0.25, 0.3) is 0 Å². The van der Waals surface area contributed by atoms with E-state index in [9.17, 15) is 9.46 Å². The van der Waals surface area contributed by atoms with Crippen LogP contribution in [0.2, 0.25) is 0 Å². The van der Waals surface area contributed by atoms with Crippen LogP contribution in [-0.2, 0) is 20.4 Å². The molecule has 2 aromatic heterocycles. The molecule has 0 aromatic carbocycles. The highest BCUT2D eigenvalue weighted by molar-refractivity contribution is 7.52. The first kappa shape index (κ1) is 18.3. The van der Waals surface area contributed by atoms with Gasteiger partial charge in [-0.3, -0.25) is 4.57 Å². The molecule has 0 aliphatic rings. The molecule has 0 aliphatic carbocycles. The van der Waals surface area contributed by atoms with Crippen molar-refractivity contribution in [2.24, 2.45) is 0 Å². The van der Waals surface area contributed by atoms with E-state index in [1.54, 1.807) is 23.9 Å². The van der Waals surface area contributed by atoms with Crippen LogP contribution >= 0.6 is 7.60 Å². The zero-order valence-corrected chi connectivity index (χ0v) is 14.3. The summed E-state index contributed by atoms with van der Waals surface area (Å²) in [5.74, 6) is 0.640. The van der Waals surface area contributed by atoms with E-state index in [-0.39, 0.29) is 25.5 Å². The normalized spacial score (nSPS) is 13.8. The maximum absolute atomic E-state index is 11.5. The molecule has 24 heavy (non-hydrogen) atoms. The monoisotopic (exact) mass is 356 g/mol. The third-order valence-electron chi connectivity index (χ3n) is 2.96. The summed E-state index contributed by atoms with van der Waals surface area (Å²) in [5, 5.41) is 3.05. The Morgan fingerprint density at radius 2 is 2.33 bits per heavy atom. The molecule has 0 bridgehead atoms. The average Bonchev–Trinajstić information content (AvgIpc) is 2.92. The summed E-state index contributed by atoms with van der Waals surface area (Å²) in [6.45, 7) is 6.53. The van der Waals surface area contributed by atoms with Gasteiger partial charge < -0.3 is 29.8 Å². The van der Waals surface area contributed by atoms with Gasteiger partial charge in [-0.25, -0.2) is 4.98 Å². The molecule has 1 atom stereocenters. The Hall–Kier alpha value is -2.00.